The maximum Gasteiger partial charge on any atom is 0.264 e. The summed E-state index contributed by atoms with van der Waals surface area (Å²) in [6, 6.07) is 13.1. The van der Waals surface area contributed by atoms with Gasteiger partial charge in [-0.15, -0.1) is 0 Å². The molecular formula is C20H24N2O3S. The van der Waals surface area contributed by atoms with Gasteiger partial charge in [0.2, 0.25) is 0 Å². The number of carbonyl (C=O) groups excluding carboxylic acids is 1. The molecule has 6 heteroatoms. The van der Waals surface area contributed by atoms with Crippen molar-refractivity contribution in [3.63, 3.8) is 0 Å². The van der Waals surface area contributed by atoms with Crippen molar-refractivity contribution < 1.29 is 14.3 Å². The van der Waals surface area contributed by atoms with Gasteiger partial charge in [0.1, 0.15) is 11.5 Å². The smallest absolute Gasteiger partial charge is 0.264 e. The van der Waals surface area contributed by atoms with Crippen molar-refractivity contribution in [3.05, 3.63) is 53.6 Å². The van der Waals surface area contributed by atoms with Crippen LogP contribution in [0.15, 0.2) is 42.5 Å². The Kier molecular flexibility index (Phi) is 6.97. The minimum atomic E-state index is -0.318. The second-order valence-corrected chi connectivity index (χ2v) is 6.60. The van der Waals surface area contributed by atoms with E-state index >= 15 is 0 Å². The van der Waals surface area contributed by atoms with E-state index in [1.807, 2.05) is 37.3 Å². The SMILES string of the molecule is COc1ccc(NC(=S)NC(=O)COc2ccc(C(C)C)c(C)c2)cc1. The molecule has 0 saturated carbocycles. The standard InChI is InChI=1S/C20H24N2O3S/c1-13(2)18-10-9-17(11-14(18)3)25-12-19(23)22-20(26)21-15-5-7-16(24-4)8-6-15/h5-11,13H,12H2,1-4H3,(H2,21,22,23,26). The van der Waals surface area contributed by atoms with Crippen LogP contribution in [0.5, 0.6) is 11.5 Å². The van der Waals surface area contributed by atoms with Gasteiger partial charge < -0.3 is 14.8 Å². The molecule has 1 amide bonds. The maximum absolute atomic E-state index is 12.0. The first-order valence-corrected chi connectivity index (χ1v) is 8.78. The highest BCUT2D eigenvalue weighted by atomic mass is 32.1. The number of methoxy groups -OCH3 is 1. The molecule has 0 aliphatic rings. The summed E-state index contributed by atoms with van der Waals surface area (Å²) in [6.07, 6.45) is 0. The minimum Gasteiger partial charge on any atom is -0.497 e. The molecule has 138 valence electrons. The largest absolute Gasteiger partial charge is 0.497 e. The van der Waals surface area contributed by atoms with Crippen molar-refractivity contribution >= 4 is 28.9 Å². The first-order chi connectivity index (χ1) is 12.4. The molecule has 0 fully saturated rings. The molecule has 0 aromatic heterocycles. The van der Waals surface area contributed by atoms with Gasteiger partial charge in [-0.05, 0) is 72.6 Å². The van der Waals surface area contributed by atoms with Gasteiger partial charge in [-0.1, -0.05) is 19.9 Å². The summed E-state index contributed by atoms with van der Waals surface area (Å²) in [4.78, 5) is 12.0. The van der Waals surface area contributed by atoms with Gasteiger partial charge in [-0.2, -0.15) is 0 Å². The molecule has 0 saturated heterocycles. The minimum absolute atomic E-state index is 0.106. The Hall–Kier alpha value is -2.60. The van der Waals surface area contributed by atoms with E-state index in [1.54, 1.807) is 19.2 Å². The van der Waals surface area contributed by atoms with Crippen LogP contribution < -0.4 is 20.1 Å². The van der Waals surface area contributed by atoms with Gasteiger partial charge in [0.15, 0.2) is 11.7 Å². The van der Waals surface area contributed by atoms with Gasteiger partial charge in [-0.25, -0.2) is 0 Å². The van der Waals surface area contributed by atoms with E-state index in [0.717, 1.165) is 17.0 Å². The Balaban J connectivity index is 1.82. The fraction of sp³-hybridized carbons (Fsp3) is 0.300. The van der Waals surface area contributed by atoms with Crippen LogP contribution in [-0.4, -0.2) is 24.7 Å². The molecule has 0 atom stereocenters. The second kappa shape index (κ2) is 9.20. The maximum atomic E-state index is 12.0. The molecule has 2 rings (SSSR count). The molecule has 0 unspecified atom stereocenters. The molecule has 0 aliphatic carbocycles. The molecule has 0 aliphatic heterocycles. The Morgan fingerprint density at radius 2 is 1.77 bits per heavy atom. The lowest BCUT2D eigenvalue weighted by molar-refractivity contribution is -0.121. The van der Waals surface area contributed by atoms with Crippen LogP contribution in [0.3, 0.4) is 0 Å². The summed E-state index contributed by atoms with van der Waals surface area (Å²) in [6.45, 7) is 6.22. The van der Waals surface area contributed by atoms with E-state index in [-0.39, 0.29) is 17.6 Å². The van der Waals surface area contributed by atoms with Gasteiger partial charge in [0.05, 0.1) is 7.11 Å². The molecule has 2 aromatic rings. The molecule has 0 heterocycles. The van der Waals surface area contributed by atoms with Crippen LogP contribution in [0.25, 0.3) is 0 Å². The second-order valence-electron chi connectivity index (χ2n) is 6.19. The third-order valence-corrected chi connectivity index (χ3v) is 4.04. The number of carbonyl (C=O) groups is 1. The van der Waals surface area contributed by atoms with Gasteiger partial charge in [0.25, 0.3) is 5.91 Å². The molecule has 5 nitrogen and oxygen atoms in total. The third-order valence-electron chi connectivity index (χ3n) is 3.83. The summed E-state index contributed by atoms with van der Waals surface area (Å²) in [7, 11) is 1.60. The Morgan fingerprint density at radius 3 is 2.35 bits per heavy atom. The number of aryl methyl sites for hydroxylation is 1. The average molecular weight is 372 g/mol. The highest BCUT2D eigenvalue weighted by Gasteiger charge is 2.08. The molecule has 0 spiro atoms. The zero-order valence-corrected chi connectivity index (χ0v) is 16.3. The Morgan fingerprint density at radius 1 is 1.12 bits per heavy atom. The number of benzene rings is 2. The number of amides is 1. The van der Waals surface area contributed by atoms with Crippen molar-refractivity contribution in [2.24, 2.45) is 0 Å². The Bertz CT molecular complexity index is 773. The van der Waals surface area contributed by atoms with Crippen LogP contribution in [0.2, 0.25) is 0 Å². The van der Waals surface area contributed by atoms with E-state index in [4.69, 9.17) is 21.7 Å². The summed E-state index contributed by atoms with van der Waals surface area (Å²) >= 11 is 5.14. The third kappa shape index (κ3) is 5.74. The highest BCUT2D eigenvalue weighted by molar-refractivity contribution is 7.80. The number of nitrogens with one attached hydrogen (secondary N) is 2. The fourth-order valence-corrected chi connectivity index (χ4v) is 2.77. The summed E-state index contributed by atoms with van der Waals surface area (Å²) in [5, 5.41) is 5.75. The predicted octanol–water partition coefficient (Wildman–Crippen LogP) is 4.02. The molecule has 2 aromatic carbocycles. The molecule has 2 N–H and O–H groups in total. The number of hydrogen-bond acceptors (Lipinski definition) is 4. The van der Waals surface area contributed by atoms with Crippen LogP contribution in [0, 0.1) is 6.92 Å². The van der Waals surface area contributed by atoms with Crippen molar-refractivity contribution in [1.29, 1.82) is 0 Å². The van der Waals surface area contributed by atoms with E-state index in [2.05, 4.69) is 24.5 Å². The number of thiocarbonyl (C=S) groups is 1. The fourth-order valence-electron chi connectivity index (χ4n) is 2.53. The highest BCUT2D eigenvalue weighted by Crippen LogP contribution is 2.23. The van der Waals surface area contributed by atoms with E-state index < -0.39 is 0 Å². The molecule has 0 bridgehead atoms. The van der Waals surface area contributed by atoms with E-state index in [0.29, 0.717) is 11.7 Å². The van der Waals surface area contributed by atoms with Crippen LogP contribution in [-0.2, 0) is 4.79 Å². The molecular weight excluding hydrogens is 348 g/mol. The summed E-state index contributed by atoms with van der Waals surface area (Å²) < 4.78 is 10.6. The first-order valence-electron chi connectivity index (χ1n) is 8.37. The number of hydrogen-bond donors (Lipinski definition) is 2. The van der Waals surface area contributed by atoms with Crippen LogP contribution in [0.1, 0.15) is 30.9 Å². The van der Waals surface area contributed by atoms with Crippen molar-refractivity contribution in [2.45, 2.75) is 26.7 Å². The lowest BCUT2D eigenvalue weighted by atomic mass is 9.98. The van der Waals surface area contributed by atoms with E-state index in [1.165, 1.54) is 5.56 Å². The van der Waals surface area contributed by atoms with E-state index in [9.17, 15) is 4.79 Å². The summed E-state index contributed by atoms with van der Waals surface area (Å²) in [5.41, 5.74) is 3.18. The number of rotatable bonds is 6. The quantitative estimate of drug-likeness (QED) is 0.750. The van der Waals surface area contributed by atoms with Gasteiger partial charge in [0, 0.05) is 5.69 Å². The van der Waals surface area contributed by atoms with Crippen molar-refractivity contribution in [3.8, 4) is 11.5 Å². The van der Waals surface area contributed by atoms with Crippen molar-refractivity contribution in [2.75, 3.05) is 19.0 Å². The van der Waals surface area contributed by atoms with Crippen LogP contribution in [0.4, 0.5) is 5.69 Å². The zero-order valence-electron chi connectivity index (χ0n) is 15.5. The average Bonchev–Trinajstić information content (AvgIpc) is 2.60. The monoisotopic (exact) mass is 372 g/mol. The molecule has 0 radical (unpaired) electrons. The van der Waals surface area contributed by atoms with Crippen LogP contribution >= 0.6 is 12.2 Å². The predicted molar refractivity (Wildman–Crippen MR) is 108 cm³/mol. The number of anilines is 1. The topological polar surface area (TPSA) is 59.6 Å². The zero-order chi connectivity index (χ0) is 19.1. The first kappa shape index (κ1) is 19.7. The Labute approximate surface area is 159 Å². The number of ether oxygens (including phenoxy) is 2. The lowest BCUT2D eigenvalue weighted by Crippen LogP contribution is -2.37. The normalized spacial score (nSPS) is 10.3. The summed E-state index contributed by atoms with van der Waals surface area (Å²) in [5.74, 6) is 1.55. The molecule has 26 heavy (non-hydrogen) atoms. The van der Waals surface area contributed by atoms with Crippen molar-refractivity contribution in [1.82, 2.24) is 5.32 Å². The van der Waals surface area contributed by atoms with Gasteiger partial charge in [-0.3, -0.25) is 10.1 Å². The lowest BCUT2D eigenvalue weighted by Gasteiger charge is -2.13. The van der Waals surface area contributed by atoms with Gasteiger partial charge >= 0.3 is 0 Å².